The third-order valence-corrected chi connectivity index (χ3v) is 4.67. The highest BCUT2D eigenvalue weighted by molar-refractivity contribution is 7.99. The van der Waals surface area contributed by atoms with E-state index in [4.69, 9.17) is 5.84 Å². The van der Waals surface area contributed by atoms with Crippen molar-refractivity contribution in [3.05, 3.63) is 35.6 Å². The largest absolute Gasteiger partial charge is 0.271 e. The van der Waals surface area contributed by atoms with Gasteiger partial charge in [-0.15, -0.1) is 0 Å². The van der Waals surface area contributed by atoms with Crippen LogP contribution in [0.5, 0.6) is 0 Å². The van der Waals surface area contributed by atoms with Crippen molar-refractivity contribution in [3.8, 4) is 0 Å². The fourth-order valence-corrected chi connectivity index (χ4v) is 3.73. The highest BCUT2D eigenvalue weighted by Gasteiger charge is 2.19. The van der Waals surface area contributed by atoms with Crippen LogP contribution in [0.25, 0.3) is 0 Å². The molecule has 100 valence electrons. The van der Waals surface area contributed by atoms with E-state index in [1.807, 2.05) is 23.9 Å². The molecule has 0 amide bonds. The zero-order valence-electron chi connectivity index (χ0n) is 10.6. The number of halogens is 1. The van der Waals surface area contributed by atoms with Gasteiger partial charge in [-0.1, -0.05) is 18.2 Å². The molecule has 1 fully saturated rings. The van der Waals surface area contributed by atoms with Crippen LogP contribution in [0.1, 0.15) is 24.8 Å². The average molecular weight is 268 g/mol. The first-order chi connectivity index (χ1) is 8.79. The molecule has 0 radical (unpaired) electrons. The van der Waals surface area contributed by atoms with Crippen LogP contribution in [0.15, 0.2) is 24.3 Å². The molecule has 1 saturated heterocycles. The van der Waals surface area contributed by atoms with Crippen LogP contribution < -0.4 is 11.3 Å². The van der Waals surface area contributed by atoms with Crippen LogP contribution in [0.4, 0.5) is 4.39 Å². The summed E-state index contributed by atoms with van der Waals surface area (Å²) in [6, 6.07) is 7.14. The third kappa shape index (κ3) is 3.97. The lowest BCUT2D eigenvalue weighted by Crippen LogP contribution is -2.39. The van der Waals surface area contributed by atoms with E-state index in [-0.39, 0.29) is 11.9 Å². The molecular weight excluding hydrogens is 247 g/mol. The number of nitrogens with one attached hydrogen (secondary N) is 1. The first-order valence-electron chi connectivity index (χ1n) is 6.57. The minimum Gasteiger partial charge on any atom is -0.271 e. The summed E-state index contributed by atoms with van der Waals surface area (Å²) >= 11 is 2.03. The van der Waals surface area contributed by atoms with Crippen LogP contribution in [0.2, 0.25) is 0 Å². The number of benzene rings is 1. The van der Waals surface area contributed by atoms with Crippen LogP contribution in [-0.4, -0.2) is 17.5 Å². The molecule has 0 spiro atoms. The SMILES string of the molecule is NNC(Cc1ccccc1F)CC1CCSCC1. The summed E-state index contributed by atoms with van der Waals surface area (Å²) in [5, 5.41) is 0. The van der Waals surface area contributed by atoms with E-state index in [0.29, 0.717) is 6.42 Å². The van der Waals surface area contributed by atoms with E-state index >= 15 is 0 Å². The van der Waals surface area contributed by atoms with Crippen molar-refractivity contribution in [2.45, 2.75) is 31.7 Å². The Kier molecular flexibility index (Phi) is 5.47. The van der Waals surface area contributed by atoms with E-state index in [0.717, 1.165) is 17.9 Å². The second kappa shape index (κ2) is 7.12. The Hall–Kier alpha value is -0.580. The summed E-state index contributed by atoms with van der Waals surface area (Å²) in [4.78, 5) is 0. The van der Waals surface area contributed by atoms with Crippen molar-refractivity contribution in [1.82, 2.24) is 5.43 Å². The molecule has 1 heterocycles. The molecule has 0 aromatic heterocycles. The van der Waals surface area contributed by atoms with E-state index in [1.54, 1.807) is 6.07 Å². The summed E-state index contributed by atoms with van der Waals surface area (Å²) in [6.07, 6.45) is 4.25. The Bertz CT molecular complexity index is 367. The van der Waals surface area contributed by atoms with E-state index in [2.05, 4.69) is 5.43 Å². The van der Waals surface area contributed by atoms with Crippen molar-refractivity contribution in [1.29, 1.82) is 0 Å². The van der Waals surface area contributed by atoms with Crippen LogP contribution >= 0.6 is 11.8 Å². The lowest BCUT2D eigenvalue weighted by atomic mass is 9.91. The predicted molar refractivity (Wildman–Crippen MR) is 75.9 cm³/mol. The standard InChI is InChI=1S/C14H21FN2S/c15-14-4-2-1-3-12(14)10-13(17-16)9-11-5-7-18-8-6-11/h1-4,11,13,17H,5-10,16H2. The number of nitrogens with two attached hydrogens (primary N) is 1. The van der Waals surface area contributed by atoms with Gasteiger partial charge >= 0.3 is 0 Å². The highest BCUT2D eigenvalue weighted by atomic mass is 32.2. The van der Waals surface area contributed by atoms with Gasteiger partial charge in [0, 0.05) is 6.04 Å². The molecule has 0 saturated carbocycles. The second-order valence-corrected chi connectivity index (χ2v) is 6.18. The molecule has 18 heavy (non-hydrogen) atoms. The molecule has 1 aromatic rings. The molecule has 3 N–H and O–H groups in total. The summed E-state index contributed by atoms with van der Waals surface area (Å²) in [7, 11) is 0. The van der Waals surface area contributed by atoms with Gasteiger partial charge in [-0.25, -0.2) is 4.39 Å². The van der Waals surface area contributed by atoms with Gasteiger partial charge in [0.1, 0.15) is 5.82 Å². The van der Waals surface area contributed by atoms with Gasteiger partial charge in [-0.2, -0.15) is 11.8 Å². The zero-order valence-corrected chi connectivity index (χ0v) is 11.4. The van der Waals surface area contributed by atoms with Gasteiger partial charge in [0.2, 0.25) is 0 Å². The molecule has 2 rings (SSSR count). The molecular formula is C14H21FN2S. The van der Waals surface area contributed by atoms with Gasteiger partial charge in [0.25, 0.3) is 0 Å². The maximum Gasteiger partial charge on any atom is 0.126 e. The maximum atomic E-state index is 13.6. The van der Waals surface area contributed by atoms with Gasteiger partial charge in [-0.05, 0) is 54.7 Å². The van der Waals surface area contributed by atoms with Gasteiger partial charge < -0.3 is 0 Å². The van der Waals surface area contributed by atoms with Crippen molar-refractivity contribution in [2.24, 2.45) is 11.8 Å². The first-order valence-corrected chi connectivity index (χ1v) is 7.72. The molecule has 1 aliphatic heterocycles. The second-order valence-electron chi connectivity index (χ2n) is 4.95. The molecule has 1 atom stereocenters. The van der Waals surface area contributed by atoms with E-state index < -0.39 is 0 Å². The molecule has 0 aliphatic carbocycles. The lowest BCUT2D eigenvalue weighted by molar-refractivity contribution is 0.363. The quantitative estimate of drug-likeness (QED) is 0.637. The number of hydrogen-bond donors (Lipinski definition) is 2. The number of thioether (sulfide) groups is 1. The molecule has 1 aliphatic rings. The van der Waals surface area contributed by atoms with Crippen molar-refractivity contribution >= 4 is 11.8 Å². The molecule has 4 heteroatoms. The fourth-order valence-electron chi connectivity index (χ4n) is 2.52. The first kappa shape index (κ1) is 13.8. The minimum atomic E-state index is -0.128. The summed E-state index contributed by atoms with van der Waals surface area (Å²) in [5.41, 5.74) is 3.61. The van der Waals surface area contributed by atoms with Crippen molar-refractivity contribution in [2.75, 3.05) is 11.5 Å². The molecule has 1 unspecified atom stereocenters. The molecule has 1 aromatic carbocycles. The van der Waals surface area contributed by atoms with E-state index in [1.165, 1.54) is 30.4 Å². The Morgan fingerprint density at radius 1 is 1.33 bits per heavy atom. The Morgan fingerprint density at radius 2 is 2.06 bits per heavy atom. The number of hydrogen-bond acceptors (Lipinski definition) is 3. The zero-order chi connectivity index (χ0) is 12.8. The third-order valence-electron chi connectivity index (χ3n) is 3.62. The van der Waals surface area contributed by atoms with Gasteiger partial charge in [0.05, 0.1) is 0 Å². The van der Waals surface area contributed by atoms with Crippen molar-refractivity contribution < 1.29 is 4.39 Å². The predicted octanol–water partition coefficient (Wildman–Crippen LogP) is 2.73. The van der Waals surface area contributed by atoms with Crippen molar-refractivity contribution in [3.63, 3.8) is 0 Å². The van der Waals surface area contributed by atoms with Gasteiger partial charge in [0.15, 0.2) is 0 Å². The normalized spacial score (nSPS) is 18.8. The topological polar surface area (TPSA) is 38.0 Å². The minimum absolute atomic E-state index is 0.128. The summed E-state index contributed by atoms with van der Waals surface area (Å²) in [6.45, 7) is 0. The Labute approximate surface area is 112 Å². The van der Waals surface area contributed by atoms with Crippen LogP contribution in [0.3, 0.4) is 0 Å². The summed E-state index contributed by atoms with van der Waals surface area (Å²) in [5.74, 6) is 8.72. The van der Waals surface area contributed by atoms with Gasteiger partial charge in [-0.3, -0.25) is 11.3 Å². The van der Waals surface area contributed by atoms with E-state index in [9.17, 15) is 4.39 Å². The Balaban J connectivity index is 1.90. The molecule has 0 bridgehead atoms. The smallest absolute Gasteiger partial charge is 0.126 e. The van der Waals surface area contributed by atoms with Crippen LogP contribution in [0, 0.1) is 11.7 Å². The van der Waals surface area contributed by atoms with Crippen LogP contribution in [-0.2, 0) is 6.42 Å². The average Bonchev–Trinajstić information content (AvgIpc) is 2.41. The Morgan fingerprint density at radius 3 is 2.72 bits per heavy atom. The highest BCUT2D eigenvalue weighted by Crippen LogP contribution is 2.27. The monoisotopic (exact) mass is 268 g/mol. The summed E-state index contributed by atoms with van der Waals surface area (Å²) < 4.78 is 13.6. The number of hydrazine groups is 1. The maximum absolute atomic E-state index is 13.6. The fraction of sp³-hybridized carbons (Fsp3) is 0.571. The lowest BCUT2D eigenvalue weighted by Gasteiger charge is -2.26. The molecule has 2 nitrogen and oxygen atoms in total. The number of rotatable bonds is 5.